The molecule has 0 radical (unpaired) electrons. The van der Waals surface area contributed by atoms with E-state index in [1.54, 1.807) is 4.90 Å². The summed E-state index contributed by atoms with van der Waals surface area (Å²) in [5, 5.41) is 2.86. The molecule has 5 heteroatoms. The molecule has 0 aromatic carbocycles. The Morgan fingerprint density at radius 1 is 1.29 bits per heavy atom. The Morgan fingerprint density at radius 3 is 2.38 bits per heavy atom. The van der Waals surface area contributed by atoms with Gasteiger partial charge in [0.2, 0.25) is 11.8 Å². The monoisotopic (exact) mass is 298 g/mol. The first-order valence-electron chi connectivity index (χ1n) is 7.90. The summed E-state index contributed by atoms with van der Waals surface area (Å²) < 4.78 is 5.70. The third-order valence-electron chi connectivity index (χ3n) is 3.54. The lowest BCUT2D eigenvalue weighted by molar-refractivity contribution is -0.151. The summed E-state index contributed by atoms with van der Waals surface area (Å²) in [5.74, 6) is 0.344. The number of hydrogen-bond donors (Lipinski definition) is 1. The Balaban J connectivity index is 2.74. The Hall–Kier alpha value is -1.10. The highest BCUT2D eigenvalue weighted by molar-refractivity contribution is 5.96. The second-order valence-corrected chi connectivity index (χ2v) is 7.11. The summed E-state index contributed by atoms with van der Waals surface area (Å²) in [4.78, 5) is 26.5. The van der Waals surface area contributed by atoms with Crippen LogP contribution in [-0.2, 0) is 14.3 Å². The molecular weight excluding hydrogens is 268 g/mol. The van der Waals surface area contributed by atoms with Gasteiger partial charge in [-0.25, -0.2) is 0 Å². The standard InChI is InChI=1S/C16H30N2O3/c1-7-13-14(19)17-12(10-11(2)3)15(20)18(13)8-9-21-16(4,5)6/h11-13H,7-10H2,1-6H3,(H,17,19). The Bertz CT molecular complexity index is 374. The van der Waals surface area contributed by atoms with Crippen LogP contribution >= 0.6 is 0 Å². The van der Waals surface area contributed by atoms with E-state index in [2.05, 4.69) is 19.2 Å². The minimum absolute atomic E-state index is 0.0210. The number of carbonyl (C=O) groups is 2. The molecule has 1 saturated heterocycles. The first-order valence-corrected chi connectivity index (χ1v) is 7.90. The van der Waals surface area contributed by atoms with E-state index in [1.807, 2.05) is 27.7 Å². The van der Waals surface area contributed by atoms with Crippen molar-refractivity contribution in [3.63, 3.8) is 0 Å². The SMILES string of the molecule is CCC1C(=O)NC(CC(C)C)C(=O)N1CCOC(C)(C)C. The van der Waals surface area contributed by atoms with Crippen LogP contribution < -0.4 is 5.32 Å². The average molecular weight is 298 g/mol. The predicted molar refractivity (Wildman–Crippen MR) is 82.9 cm³/mol. The molecule has 0 spiro atoms. The van der Waals surface area contributed by atoms with Crippen LogP contribution in [0.5, 0.6) is 0 Å². The molecule has 0 aliphatic carbocycles. The van der Waals surface area contributed by atoms with Gasteiger partial charge in [-0.15, -0.1) is 0 Å². The maximum Gasteiger partial charge on any atom is 0.245 e. The van der Waals surface area contributed by atoms with E-state index in [1.165, 1.54) is 0 Å². The molecule has 2 unspecified atom stereocenters. The van der Waals surface area contributed by atoms with Crippen LogP contribution in [0.4, 0.5) is 0 Å². The second-order valence-electron chi connectivity index (χ2n) is 7.11. The van der Waals surface area contributed by atoms with E-state index in [4.69, 9.17) is 4.74 Å². The van der Waals surface area contributed by atoms with Crippen LogP contribution in [0.2, 0.25) is 0 Å². The second kappa shape index (κ2) is 7.25. The van der Waals surface area contributed by atoms with E-state index >= 15 is 0 Å². The van der Waals surface area contributed by atoms with Gasteiger partial charge < -0.3 is 15.0 Å². The lowest BCUT2D eigenvalue weighted by Crippen LogP contribution is -2.63. The molecule has 1 aliphatic rings. The minimum atomic E-state index is -0.394. The van der Waals surface area contributed by atoms with Gasteiger partial charge in [0.25, 0.3) is 0 Å². The molecule has 1 aliphatic heterocycles. The molecule has 2 amide bonds. The van der Waals surface area contributed by atoms with Gasteiger partial charge in [0.05, 0.1) is 12.2 Å². The van der Waals surface area contributed by atoms with Crippen molar-refractivity contribution in [2.24, 2.45) is 5.92 Å². The van der Waals surface area contributed by atoms with Crippen molar-refractivity contribution >= 4 is 11.8 Å². The summed E-state index contributed by atoms with van der Waals surface area (Å²) in [6.45, 7) is 12.9. The molecule has 1 fully saturated rings. The maximum atomic E-state index is 12.6. The van der Waals surface area contributed by atoms with Gasteiger partial charge in [-0.2, -0.15) is 0 Å². The summed E-state index contributed by atoms with van der Waals surface area (Å²) in [6, 6.07) is -0.764. The minimum Gasteiger partial charge on any atom is -0.374 e. The zero-order valence-electron chi connectivity index (χ0n) is 14.2. The van der Waals surface area contributed by atoms with Crippen molar-refractivity contribution < 1.29 is 14.3 Å². The van der Waals surface area contributed by atoms with Gasteiger partial charge in [0.15, 0.2) is 0 Å². The summed E-state index contributed by atoms with van der Waals surface area (Å²) in [5.41, 5.74) is -0.236. The molecule has 5 nitrogen and oxygen atoms in total. The van der Waals surface area contributed by atoms with Crippen LogP contribution in [0.1, 0.15) is 54.4 Å². The molecule has 1 N–H and O–H groups in total. The lowest BCUT2D eigenvalue weighted by Gasteiger charge is -2.39. The highest BCUT2D eigenvalue weighted by Crippen LogP contribution is 2.18. The molecular formula is C16H30N2O3. The van der Waals surface area contributed by atoms with Gasteiger partial charge in [0.1, 0.15) is 12.1 Å². The number of hydrogen-bond acceptors (Lipinski definition) is 3. The third kappa shape index (κ3) is 5.30. The fraction of sp³-hybridized carbons (Fsp3) is 0.875. The zero-order valence-corrected chi connectivity index (χ0v) is 14.2. The zero-order chi connectivity index (χ0) is 16.2. The predicted octanol–water partition coefficient (Wildman–Crippen LogP) is 1.95. The van der Waals surface area contributed by atoms with Crippen molar-refractivity contribution in [2.45, 2.75) is 72.1 Å². The molecule has 0 bridgehead atoms. The van der Waals surface area contributed by atoms with Crippen molar-refractivity contribution in [2.75, 3.05) is 13.2 Å². The number of nitrogens with one attached hydrogen (secondary N) is 1. The van der Waals surface area contributed by atoms with Crippen molar-refractivity contribution in [1.82, 2.24) is 10.2 Å². The van der Waals surface area contributed by atoms with E-state index in [9.17, 15) is 9.59 Å². The van der Waals surface area contributed by atoms with E-state index in [0.29, 0.717) is 31.9 Å². The highest BCUT2D eigenvalue weighted by atomic mass is 16.5. The van der Waals surface area contributed by atoms with Crippen LogP contribution in [0.15, 0.2) is 0 Å². The lowest BCUT2D eigenvalue weighted by atomic mass is 9.97. The third-order valence-corrected chi connectivity index (χ3v) is 3.54. The Kier molecular flexibility index (Phi) is 6.20. The summed E-state index contributed by atoms with van der Waals surface area (Å²) in [7, 11) is 0. The van der Waals surface area contributed by atoms with Gasteiger partial charge in [0, 0.05) is 6.54 Å². The topological polar surface area (TPSA) is 58.6 Å². The molecule has 1 rings (SSSR count). The van der Waals surface area contributed by atoms with Crippen LogP contribution in [0.25, 0.3) is 0 Å². The number of amides is 2. The molecule has 21 heavy (non-hydrogen) atoms. The Labute approximate surface area is 128 Å². The van der Waals surface area contributed by atoms with Gasteiger partial charge >= 0.3 is 0 Å². The maximum absolute atomic E-state index is 12.6. The number of rotatable bonds is 6. The summed E-state index contributed by atoms with van der Waals surface area (Å²) in [6.07, 6.45) is 1.30. The number of ether oxygens (including phenoxy) is 1. The molecule has 122 valence electrons. The Morgan fingerprint density at radius 2 is 1.90 bits per heavy atom. The van der Waals surface area contributed by atoms with Crippen molar-refractivity contribution in [3.05, 3.63) is 0 Å². The van der Waals surface area contributed by atoms with Gasteiger partial charge in [-0.3, -0.25) is 9.59 Å². The number of carbonyl (C=O) groups excluding carboxylic acids is 2. The van der Waals surface area contributed by atoms with Crippen molar-refractivity contribution in [3.8, 4) is 0 Å². The molecule has 2 atom stereocenters. The van der Waals surface area contributed by atoms with E-state index < -0.39 is 6.04 Å². The highest BCUT2D eigenvalue weighted by Gasteiger charge is 2.39. The fourth-order valence-corrected chi connectivity index (χ4v) is 2.58. The largest absolute Gasteiger partial charge is 0.374 e. The first-order chi connectivity index (χ1) is 9.65. The van der Waals surface area contributed by atoms with Crippen molar-refractivity contribution in [1.29, 1.82) is 0 Å². The summed E-state index contributed by atoms with van der Waals surface area (Å²) >= 11 is 0. The van der Waals surface area contributed by atoms with Crippen LogP contribution in [0.3, 0.4) is 0 Å². The fourth-order valence-electron chi connectivity index (χ4n) is 2.58. The van der Waals surface area contributed by atoms with E-state index in [0.717, 1.165) is 0 Å². The van der Waals surface area contributed by atoms with E-state index in [-0.39, 0.29) is 23.5 Å². The molecule has 0 aromatic rings. The van der Waals surface area contributed by atoms with Crippen LogP contribution in [-0.4, -0.2) is 47.6 Å². The normalized spacial score (nSPS) is 23.7. The quantitative estimate of drug-likeness (QED) is 0.815. The number of piperazine rings is 1. The van der Waals surface area contributed by atoms with Gasteiger partial charge in [-0.05, 0) is 39.5 Å². The number of nitrogens with zero attached hydrogens (tertiary/aromatic N) is 1. The average Bonchev–Trinajstić information content (AvgIpc) is 2.33. The molecule has 1 heterocycles. The van der Waals surface area contributed by atoms with Crippen LogP contribution in [0, 0.1) is 5.92 Å². The first kappa shape index (κ1) is 18.0. The smallest absolute Gasteiger partial charge is 0.245 e. The molecule has 0 saturated carbocycles. The van der Waals surface area contributed by atoms with Gasteiger partial charge in [-0.1, -0.05) is 20.8 Å². The molecule has 0 aromatic heterocycles.